The lowest BCUT2D eigenvalue weighted by Gasteiger charge is -2.32. The minimum Gasteiger partial charge on any atom is -0.466 e. The van der Waals surface area contributed by atoms with E-state index in [1.807, 2.05) is 0 Å². The Morgan fingerprint density at radius 1 is 1.57 bits per heavy atom. The van der Waals surface area contributed by atoms with Gasteiger partial charge in [0.2, 0.25) is 0 Å². The summed E-state index contributed by atoms with van der Waals surface area (Å²) in [4.78, 5) is 35.8. The summed E-state index contributed by atoms with van der Waals surface area (Å²) in [6.07, 6.45) is -1.37. The molecule has 9 heteroatoms. The molecule has 3 N–H and O–H groups in total. The van der Waals surface area contributed by atoms with Gasteiger partial charge < -0.3 is 19.7 Å². The molecule has 0 radical (unpaired) electrons. The largest absolute Gasteiger partial charge is 0.466 e. The summed E-state index contributed by atoms with van der Waals surface area (Å²) in [6.45, 7) is -0.522. The van der Waals surface area contributed by atoms with Gasteiger partial charge in [-0.15, -0.1) is 0 Å². The highest BCUT2D eigenvalue weighted by Gasteiger charge is 2.41. The molecule has 2 aliphatic heterocycles. The van der Waals surface area contributed by atoms with E-state index in [1.54, 1.807) is 0 Å². The van der Waals surface area contributed by atoms with E-state index in [9.17, 15) is 19.5 Å². The maximum atomic E-state index is 11.8. The van der Waals surface area contributed by atoms with Gasteiger partial charge in [-0.25, -0.2) is 9.59 Å². The first-order valence-electron chi connectivity index (χ1n) is 6.31. The molecule has 0 aromatic heterocycles. The molecule has 2 rings (SSSR count). The summed E-state index contributed by atoms with van der Waals surface area (Å²) >= 11 is 0. The van der Waals surface area contributed by atoms with Gasteiger partial charge in [-0.2, -0.15) is 0 Å². The number of amides is 3. The normalized spacial score (nSPS) is 31.5. The molecule has 2 heterocycles. The van der Waals surface area contributed by atoms with Gasteiger partial charge in [-0.3, -0.25) is 15.0 Å². The average Bonchev–Trinajstić information content (AvgIpc) is 2.82. The van der Waals surface area contributed by atoms with E-state index in [2.05, 4.69) is 10.1 Å². The molecule has 0 aliphatic carbocycles. The number of carbonyl (C=O) groups is 3. The molecule has 2 fully saturated rings. The van der Waals surface area contributed by atoms with Crippen LogP contribution < -0.4 is 5.32 Å². The Morgan fingerprint density at radius 3 is 2.86 bits per heavy atom. The number of esters is 1. The minimum absolute atomic E-state index is 0.0481. The molecular formula is C12H16N2O7. The SMILES string of the molecule is COC(=O)C=C1CN([C@H]2C[C@H](O)[C@@H](CO)O2)C(=O)NC1=O. The molecule has 2 aliphatic rings. The maximum Gasteiger partial charge on any atom is 0.331 e. The van der Waals surface area contributed by atoms with Crippen molar-refractivity contribution in [3.63, 3.8) is 0 Å². The van der Waals surface area contributed by atoms with Gasteiger partial charge in [0.25, 0.3) is 5.91 Å². The molecule has 21 heavy (non-hydrogen) atoms. The van der Waals surface area contributed by atoms with Crippen LogP contribution in [0, 0.1) is 0 Å². The van der Waals surface area contributed by atoms with Crippen LogP contribution in [-0.2, 0) is 19.1 Å². The topological polar surface area (TPSA) is 125 Å². The molecule has 9 nitrogen and oxygen atoms in total. The third-order valence-corrected chi connectivity index (χ3v) is 3.34. The molecule has 3 atom stereocenters. The highest BCUT2D eigenvalue weighted by atomic mass is 16.5. The fourth-order valence-corrected chi connectivity index (χ4v) is 2.19. The molecule has 0 spiro atoms. The number of methoxy groups -OCH3 is 1. The van der Waals surface area contributed by atoms with Crippen molar-refractivity contribution in [3.8, 4) is 0 Å². The molecule has 116 valence electrons. The van der Waals surface area contributed by atoms with Gasteiger partial charge in [-0.05, 0) is 0 Å². The van der Waals surface area contributed by atoms with Crippen molar-refractivity contribution < 1.29 is 34.1 Å². The summed E-state index contributed by atoms with van der Waals surface area (Å²) in [5.41, 5.74) is 0.0481. The number of carbonyl (C=O) groups excluding carboxylic acids is 3. The van der Waals surface area contributed by atoms with E-state index in [4.69, 9.17) is 9.84 Å². The van der Waals surface area contributed by atoms with Gasteiger partial charge in [-0.1, -0.05) is 0 Å². The number of ether oxygens (including phenoxy) is 2. The van der Waals surface area contributed by atoms with Crippen LogP contribution in [0.4, 0.5) is 4.79 Å². The van der Waals surface area contributed by atoms with Crippen molar-refractivity contribution >= 4 is 17.9 Å². The number of hydrogen-bond acceptors (Lipinski definition) is 7. The lowest BCUT2D eigenvalue weighted by molar-refractivity contribution is -0.135. The highest BCUT2D eigenvalue weighted by Crippen LogP contribution is 2.25. The van der Waals surface area contributed by atoms with Crippen LogP contribution in [0.2, 0.25) is 0 Å². The maximum absolute atomic E-state index is 11.8. The third-order valence-electron chi connectivity index (χ3n) is 3.34. The standard InChI is InChI=1S/C12H16N2O7/c1-20-10(17)2-6-4-14(12(19)13-11(6)18)9-3-7(16)8(5-15)21-9/h2,7-9,15-16H,3-5H2,1H3,(H,13,18,19)/t7-,8+,9+/m0/s1. The number of nitrogens with one attached hydrogen (secondary N) is 1. The van der Waals surface area contributed by atoms with Crippen LogP contribution >= 0.6 is 0 Å². The van der Waals surface area contributed by atoms with Gasteiger partial charge in [0, 0.05) is 18.1 Å². The summed E-state index contributed by atoms with van der Waals surface area (Å²) in [5, 5.41) is 20.8. The molecule has 0 aromatic rings. The summed E-state index contributed by atoms with van der Waals surface area (Å²) in [5.74, 6) is -1.39. The highest BCUT2D eigenvalue weighted by molar-refractivity contribution is 6.09. The van der Waals surface area contributed by atoms with Crippen LogP contribution in [0.15, 0.2) is 11.6 Å². The second-order valence-electron chi connectivity index (χ2n) is 4.69. The van der Waals surface area contributed by atoms with Crippen LogP contribution in [0.1, 0.15) is 6.42 Å². The van der Waals surface area contributed by atoms with Crippen LogP contribution in [-0.4, -0.2) is 71.7 Å². The molecule has 0 aromatic carbocycles. The van der Waals surface area contributed by atoms with Gasteiger partial charge in [0.15, 0.2) is 0 Å². The van der Waals surface area contributed by atoms with E-state index in [1.165, 1.54) is 12.0 Å². The van der Waals surface area contributed by atoms with E-state index in [-0.39, 0.29) is 25.1 Å². The fourth-order valence-electron chi connectivity index (χ4n) is 2.19. The quantitative estimate of drug-likeness (QED) is 0.411. The smallest absolute Gasteiger partial charge is 0.331 e. The monoisotopic (exact) mass is 300 g/mol. The second-order valence-corrected chi connectivity index (χ2v) is 4.69. The Kier molecular flexibility index (Phi) is 4.56. The molecule has 0 bridgehead atoms. The van der Waals surface area contributed by atoms with Gasteiger partial charge >= 0.3 is 12.0 Å². The fraction of sp³-hybridized carbons (Fsp3) is 0.583. The summed E-state index contributed by atoms with van der Waals surface area (Å²) in [6, 6.07) is -0.683. The first kappa shape index (κ1) is 15.4. The predicted molar refractivity (Wildman–Crippen MR) is 66.7 cm³/mol. The van der Waals surface area contributed by atoms with Gasteiger partial charge in [0.05, 0.1) is 26.4 Å². The predicted octanol–water partition coefficient (Wildman–Crippen LogP) is -1.89. The van der Waals surface area contributed by atoms with E-state index >= 15 is 0 Å². The van der Waals surface area contributed by atoms with Gasteiger partial charge in [0.1, 0.15) is 12.3 Å². The zero-order chi connectivity index (χ0) is 15.6. The number of aliphatic hydroxyl groups excluding tert-OH is 2. The van der Waals surface area contributed by atoms with E-state index in [0.717, 1.165) is 6.08 Å². The Bertz CT molecular complexity index is 490. The molecular weight excluding hydrogens is 284 g/mol. The van der Waals surface area contributed by atoms with Crippen LogP contribution in [0.3, 0.4) is 0 Å². The molecule has 0 saturated carbocycles. The number of imide groups is 1. The van der Waals surface area contributed by atoms with E-state index in [0.29, 0.717) is 0 Å². The van der Waals surface area contributed by atoms with E-state index < -0.39 is 36.3 Å². The first-order chi connectivity index (χ1) is 9.96. The summed E-state index contributed by atoms with van der Waals surface area (Å²) in [7, 11) is 1.17. The number of urea groups is 1. The van der Waals surface area contributed by atoms with Crippen molar-refractivity contribution in [2.75, 3.05) is 20.3 Å². The Balaban J connectivity index is 2.13. The second kappa shape index (κ2) is 6.20. The number of hydrogen-bond donors (Lipinski definition) is 3. The third kappa shape index (κ3) is 3.20. The van der Waals surface area contributed by atoms with Crippen LogP contribution in [0.25, 0.3) is 0 Å². The van der Waals surface area contributed by atoms with Crippen molar-refractivity contribution in [2.24, 2.45) is 0 Å². The zero-order valence-corrected chi connectivity index (χ0v) is 11.3. The lowest BCUT2D eigenvalue weighted by atomic mass is 10.1. The number of rotatable bonds is 3. The number of nitrogens with zero attached hydrogens (tertiary/aromatic N) is 1. The van der Waals surface area contributed by atoms with Crippen molar-refractivity contribution in [3.05, 3.63) is 11.6 Å². The molecule has 0 unspecified atom stereocenters. The number of aliphatic hydroxyl groups is 2. The minimum atomic E-state index is -0.904. The summed E-state index contributed by atoms with van der Waals surface area (Å²) < 4.78 is 9.80. The van der Waals surface area contributed by atoms with Crippen LogP contribution in [0.5, 0.6) is 0 Å². The average molecular weight is 300 g/mol. The lowest BCUT2D eigenvalue weighted by Crippen LogP contribution is -2.54. The zero-order valence-electron chi connectivity index (χ0n) is 11.3. The first-order valence-corrected chi connectivity index (χ1v) is 6.31. The molecule has 3 amide bonds. The Morgan fingerprint density at radius 2 is 2.29 bits per heavy atom. The van der Waals surface area contributed by atoms with Crippen molar-refractivity contribution in [2.45, 2.75) is 24.9 Å². The van der Waals surface area contributed by atoms with Crippen molar-refractivity contribution in [1.82, 2.24) is 10.2 Å². The molecule has 2 saturated heterocycles. The Hall–Kier alpha value is -1.97. The van der Waals surface area contributed by atoms with Crippen molar-refractivity contribution in [1.29, 1.82) is 0 Å². The Labute approximate surface area is 120 Å².